The predicted molar refractivity (Wildman–Crippen MR) is 63.1 cm³/mol. The summed E-state index contributed by atoms with van der Waals surface area (Å²) < 4.78 is 5.38. The molecule has 0 unspecified atom stereocenters. The molecule has 0 fully saturated rings. The van der Waals surface area contributed by atoms with Gasteiger partial charge in [0, 0.05) is 16.0 Å². The number of rotatable bonds is 6. The Morgan fingerprint density at radius 3 is 2.93 bits per heavy atom. The molecule has 3 nitrogen and oxygen atoms in total. The Hall–Kier alpha value is -0.520. The van der Waals surface area contributed by atoms with Crippen LogP contribution in [0.15, 0.2) is 16.3 Å². The summed E-state index contributed by atoms with van der Waals surface area (Å²) >= 11 is 2.88. The van der Waals surface area contributed by atoms with E-state index in [1.54, 1.807) is 17.8 Å². The average molecular weight is 246 g/mol. The van der Waals surface area contributed by atoms with Gasteiger partial charge in [0.25, 0.3) is 0 Å². The molecule has 0 spiro atoms. The minimum Gasteiger partial charge on any atom is -0.477 e. The second-order valence-electron chi connectivity index (χ2n) is 3.22. The molecule has 84 valence electrons. The molecule has 1 N–H and O–H groups in total. The Bertz CT molecular complexity index is 320. The van der Waals surface area contributed by atoms with Gasteiger partial charge in [-0.15, -0.1) is 23.1 Å². The van der Waals surface area contributed by atoms with Crippen molar-refractivity contribution in [3.05, 3.63) is 16.3 Å². The van der Waals surface area contributed by atoms with E-state index in [0.29, 0.717) is 11.5 Å². The quantitative estimate of drug-likeness (QED) is 0.619. The van der Waals surface area contributed by atoms with Crippen LogP contribution in [0.25, 0.3) is 0 Å². The second kappa shape index (κ2) is 6.15. The number of carboxylic acids is 1. The molecule has 15 heavy (non-hydrogen) atoms. The molecule has 0 saturated carbocycles. The van der Waals surface area contributed by atoms with Crippen LogP contribution >= 0.6 is 23.1 Å². The van der Waals surface area contributed by atoms with Crippen molar-refractivity contribution in [2.45, 2.75) is 24.8 Å². The molecule has 0 amide bonds. The van der Waals surface area contributed by atoms with Crippen molar-refractivity contribution in [1.29, 1.82) is 0 Å². The summed E-state index contributed by atoms with van der Waals surface area (Å²) in [5.74, 6) is -0.00109. The Kier molecular flexibility index (Phi) is 5.14. The molecule has 1 aromatic heterocycles. The normalized spacial score (nSPS) is 10.9. The van der Waals surface area contributed by atoms with Crippen LogP contribution in [-0.4, -0.2) is 29.5 Å². The van der Waals surface area contributed by atoms with Crippen LogP contribution in [0.3, 0.4) is 0 Å². The van der Waals surface area contributed by atoms with Gasteiger partial charge in [-0.1, -0.05) is 0 Å². The number of carboxylic acid groups (broad SMARTS) is 1. The maximum Gasteiger partial charge on any atom is 0.345 e. The summed E-state index contributed by atoms with van der Waals surface area (Å²) in [6, 6.07) is 1.70. The van der Waals surface area contributed by atoms with E-state index in [-0.39, 0.29) is 6.10 Å². The van der Waals surface area contributed by atoms with Crippen LogP contribution in [0.2, 0.25) is 0 Å². The lowest BCUT2D eigenvalue weighted by atomic mass is 10.5. The van der Waals surface area contributed by atoms with Gasteiger partial charge in [0.2, 0.25) is 0 Å². The van der Waals surface area contributed by atoms with Crippen LogP contribution in [0, 0.1) is 0 Å². The van der Waals surface area contributed by atoms with E-state index in [9.17, 15) is 4.79 Å². The summed E-state index contributed by atoms with van der Waals surface area (Å²) in [5.41, 5.74) is 0. The molecular weight excluding hydrogens is 232 g/mol. The molecule has 0 atom stereocenters. The van der Waals surface area contributed by atoms with E-state index in [1.165, 1.54) is 11.3 Å². The van der Waals surface area contributed by atoms with Gasteiger partial charge in [0.15, 0.2) is 0 Å². The second-order valence-corrected chi connectivity index (χ2v) is 5.30. The highest BCUT2D eigenvalue weighted by Crippen LogP contribution is 2.24. The summed E-state index contributed by atoms with van der Waals surface area (Å²) in [6.07, 6.45) is 0.252. The summed E-state index contributed by atoms with van der Waals surface area (Å²) in [7, 11) is 0. The Balaban J connectivity index is 2.29. The zero-order valence-corrected chi connectivity index (χ0v) is 10.4. The highest BCUT2D eigenvalue weighted by molar-refractivity contribution is 7.99. The zero-order valence-electron chi connectivity index (χ0n) is 8.73. The zero-order chi connectivity index (χ0) is 11.3. The molecule has 1 aromatic rings. The molecular formula is C10H14O3S2. The monoisotopic (exact) mass is 246 g/mol. The van der Waals surface area contributed by atoms with Crippen LogP contribution in [-0.2, 0) is 4.74 Å². The predicted octanol–water partition coefficient (Wildman–Crippen LogP) is 2.96. The largest absolute Gasteiger partial charge is 0.477 e. The van der Waals surface area contributed by atoms with Crippen molar-refractivity contribution >= 4 is 29.1 Å². The van der Waals surface area contributed by atoms with Crippen molar-refractivity contribution < 1.29 is 14.6 Å². The minimum absolute atomic E-state index is 0.252. The smallest absolute Gasteiger partial charge is 0.345 e. The Morgan fingerprint density at radius 1 is 1.67 bits per heavy atom. The number of aromatic carboxylic acids is 1. The van der Waals surface area contributed by atoms with Gasteiger partial charge in [-0.05, 0) is 19.9 Å². The van der Waals surface area contributed by atoms with E-state index in [0.717, 1.165) is 10.6 Å². The fraction of sp³-hybridized carbons (Fsp3) is 0.500. The number of thiophene rings is 1. The van der Waals surface area contributed by atoms with E-state index in [4.69, 9.17) is 9.84 Å². The van der Waals surface area contributed by atoms with Crippen molar-refractivity contribution in [3.8, 4) is 0 Å². The van der Waals surface area contributed by atoms with Gasteiger partial charge in [-0.2, -0.15) is 0 Å². The van der Waals surface area contributed by atoms with Crippen molar-refractivity contribution in [3.63, 3.8) is 0 Å². The highest BCUT2D eigenvalue weighted by atomic mass is 32.2. The maximum absolute atomic E-state index is 10.6. The number of carbonyl (C=O) groups is 1. The molecule has 0 aliphatic carbocycles. The van der Waals surface area contributed by atoms with Crippen molar-refractivity contribution in [1.82, 2.24) is 0 Å². The van der Waals surface area contributed by atoms with Gasteiger partial charge in [-0.3, -0.25) is 0 Å². The number of ether oxygens (including phenoxy) is 1. The van der Waals surface area contributed by atoms with Gasteiger partial charge >= 0.3 is 5.97 Å². The van der Waals surface area contributed by atoms with Gasteiger partial charge in [0.05, 0.1) is 12.7 Å². The number of thioether (sulfide) groups is 1. The molecule has 0 saturated heterocycles. The first-order chi connectivity index (χ1) is 7.09. The van der Waals surface area contributed by atoms with E-state index < -0.39 is 5.97 Å². The summed E-state index contributed by atoms with van der Waals surface area (Å²) in [5, 5.41) is 10.6. The third-order valence-corrected chi connectivity index (χ3v) is 3.60. The first kappa shape index (κ1) is 12.5. The van der Waals surface area contributed by atoms with Gasteiger partial charge in [-0.25, -0.2) is 4.79 Å². The summed E-state index contributed by atoms with van der Waals surface area (Å²) in [4.78, 5) is 12.0. The van der Waals surface area contributed by atoms with E-state index >= 15 is 0 Å². The number of hydrogen-bond donors (Lipinski definition) is 1. The topological polar surface area (TPSA) is 46.5 Å². The SMILES string of the molecule is CC(C)OCCSc1csc(C(=O)O)c1. The summed E-state index contributed by atoms with van der Waals surface area (Å²) in [6.45, 7) is 4.69. The third kappa shape index (κ3) is 4.68. The lowest BCUT2D eigenvalue weighted by Gasteiger charge is -2.05. The highest BCUT2D eigenvalue weighted by Gasteiger charge is 2.06. The maximum atomic E-state index is 10.6. The lowest BCUT2D eigenvalue weighted by molar-refractivity contribution is 0.0702. The minimum atomic E-state index is -0.856. The van der Waals surface area contributed by atoms with E-state index in [1.807, 2.05) is 19.2 Å². The van der Waals surface area contributed by atoms with E-state index in [2.05, 4.69) is 0 Å². The van der Waals surface area contributed by atoms with Crippen molar-refractivity contribution in [2.24, 2.45) is 0 Å². The van der Waals surface area contributed by atoms with Gasteiger partial charge < -0.3 is 9.84 Å². The first-order valence-electron chi connectivity index (χ1n) is 4.66. The molecule has 1 rings (SSSR count). The molecule has 0 aromatic carbocycles. The molecule has 0 bridgehead atoms. The Labute approximate surface area is 97.5 Å². The lowest BCUT2D eigenvalue weighted by Crippen LogP contribution is -2.05. The molecule has 1 heterocycles. The fourth-order valence-corrected chi connectivity index (χ4v) is 2.66. The molecule has 0 radical (unpaired) electrons. The number of hydrogen-bond acceptors (Lipinski definition) is 4. The Morgan fingerprint density at radius 2 is 2.40 bits per heavy atom. The van der Waals surface area contributed by atoms with Crippen LogP contribution in [0.5, 0.6) is 0 Å². The molecule has 5 heteroatoms. The van der Waals surface area contributed by atoms with Crippen LogP contribution in [0.1, 0.15) is 23.5 Å². The third-order valence-electron chi connectivity index (χ3n) is 1.59. The fourth-order valence-electron chi connectivity index (χ4n) is 0.950. The van der Waals surface area contributed by atoms with Crippen LogP contribution < -0.4 is 0 Å². The first-order valence-corrected chi connectivity index (χ1v) is 6.52. The van der Waals surface area contributed by atoms with Crippen molar-refractivity contribution in [2.75, 3.05) is 12.4 Å². The average Bonchev–Trinajstić information content (AvgIpc) is 2.60. The van der Waals surface area contributed by atoms with Crippen LogP contribution in [0.4, 0.5) is 0 Å². The van der Waals surface area contributed by atoms with Gasteiger partial charge in [0.1, 0.15) is 4.88 Å². The molecule has 0 aliphatic heterocycles. The standard InChI is InChI=1S/C10H14O3S2/c1-7(2)13-3-4-14-8-5-9(10(11)12)15-6-8/h5-7H,3-4H2,1-2H3,(H,11,12). The molecule has 0 aliphatic rings.